The van der Waals surface area contributed by atoms with Crippen molar-refractivity contribution in [3.63, 3.8) is 0 Å². The van der Waals surface area contributed by atoms with Crippen LogP contribution in [0.15, 0.2) is 0 Å². The molecular formula is C11H22N2O3. The van der Waals surface area contributed by atoms with E-state index < -0.39 is 0 Å². The Kier molecular flexibility index (Phi) is 5.73. The van der Waals surface area contributed by atoms with Gasteiger partial charge in [-0.1, -0.05) is 0 Å². The van der Waals surface area contributed by atoms with Crippen LogP contribution in [0.5, 0.6) is 0 Å². The molecule has 1 saturated heterocycles. The molecule has 1 fully saturated rings. The number of carbonyl (C=O) groups excluding carboxylic acids is 1. The summed E-state index contributed by atoms with van der Waals surface area (Å²) in [7, 11) is 0. The Morgan fingerprint density at radius 1 is 1.62 bits per heavy atom. The highest BCUT2D eigenvalue weighted by Gasteiger charge is 2.25. The lowest BCUT2D eigenvalue weighted by Crippen LogP contribution is -2.39. The molecule has 0 saturated carbocycles. The van der Waals surface area contributed by atoms with Crippen molar-refractivity contribution in [3.05, 3.63) is 0 Å². The van der Waals surface area contributed by atoms with Crippen molar-refractivity contribution in [2.24, 2.45) is 0 Å². The van der Waals surface area contributed by atoms with Gasteiger partial charge < -0.3 is 15.2 Å². The van der Waals surface area contributed by atoms with Gasteiger partial charge in [-0.25, -0.2) is 0 Å². The number of rotatable bonds is 7. The minimum absolute atomic E-state index is 0.178. The molecule has 0 amide bonds. The Morgan fingerprint density at radius 3 is 2.88 bits per heavy atom. The summed E-state index contributed by atoms with van der Waals surface area (Å²) in [4.78, 5) is 12.2. The molecule has 0 aromatic carbocycles. The second-order valence-corrected chi connectivity index (χ2v) is 4.50. The molecule has 5 heteroatoms. The molecule has 2 N–H and O–H groups in total. The van der Waals surface area contributed by atoms with Gasteiger partial charge in [0.05, 0.1) is 6.10 Å². The molecule has 1 rings (SSSR count). The van der Waals surface area contributed by atoms with E-state index in [1.807, 2.05) is 0 Å². The first kappa shape index (κ1) is 13.4. The van der Waals surface area contributed by atoms with Gasteiger partial charge in [-0.15, -0.1) is 0 Å². The number of nitrogens with zero attached hydrogens (tertiary/aromatic N) is 1. The van der Waals surface area contributed by atoms with E-state index >= 15 is 0 Å². The molecule has 1 heterocycles. The van der Waals surface area contributed by atoms with E-state index in [9.17, 15) is 9.90 Å². The Balaban J connectivity index is 2.28. The van der Waals surface area contributed by atoms with Crippen molar-refractivity contribution >= 4 is 6.47 Å². The van der Waals surface area contributed by atoms with Crippen LogP contribution >= 0.6 is 0 Å². The molecule has 1 aliphatic rings. The summed E-state index contributed by atoms with van der Waals surface area (Å²) < 4.78 is 4.76. The molecule has 0 aliphatic carbocycles. The monoisotopic (exact) mass is 230 g/mol. The second-order valence-electron chi connectivity index (χ2n) is 4.50. The van der Waals surface area contributed by atoms with E-state index in [1.54, 1.807) is 0 Å². The van der Waals surface area contributed by atoms with Gasteiger partial charge in [-0.3, -0.25) is 9.69 Å². The van der Waals surface area contributed by atoms with Gasteiger partial charge in [0.1, 0.15) is 6.73 Å². The van der Waals surface area contributed by atoms with Gasteiger partial charge in [0.2, 0.25) is 0 Å². The molecule has 0 bridgehead atoms. The highest BCUT2D eigenvalue weighted by Crippen LogP contribution is 2.11. The highest BCUT2D eigenvalue weighted by molar-refractivity contribution is 5.36. The normalized spacial score (nSPS) is 25.3. The summed E-state index contributed by atoms with van der Waals surface area (Å²) >= 11 is 0. The first-order chi connectivity index (χ1) is 7.65. The van der Waals surface area contributed by atoms with Crippen LogP contribution < -0.4 is 5.32 Å². The number of aliphatic hydroxyl groups is 1. The minimum atomic E-state index is -0.235. The zero-order valence-electron chi connectivity index (χ0n) is 10.1. The predicted octanol–water partition coefficient (Wildman–Crippen LogP) is -0.0598. The lowest BCUT2D eigenvalue weighted by atomic mass is 10.1. The number of hydrogen-bond donors (Lipinski definition) is 2. The van der Waals surface area contributed by atoms with Crippen LogP contribution in [0.2, 0.25) is 0 Å². The van der Waals surface area contributed by atoms with Crippen molar-refractivity contribution in [2.45, 2.75) is 44.9 Å². The lowest BCUT2D eigenvalue weighted by molar-refractivity contribution is -0.134. The highest BCUT2D eigenvalue weighted by atomic mass is 16.5. The number of carbonyl (C=O) groups is 1. The number of aliphatic hydroxyl groups excluding tert-OH is 1. The van der Waals surface area contributed by atoms with Crippen LogP contribution in [0.4, 0.5) is 0 Å². The average molecular weight is 230 g/mol. The number of hydrogen-bond acceptors (Lipinski definition) is 5. The van der Waals surface area contributed by atoms with Crippen molar-refractivity contribution in [1.29, 1.82) is 0 Å². The summed E-state index contributed by atoms with van der Waals surface area (Å²) in [5.41, 5.74) is 0. The summed E-state index contributed by atoms with van der Waals surface area (Å²) in [5.74, 6) is 0. The first-order valence-corrected chi connectivity index (χ1v) is 5.86. The van der Waals surface area contributed by atoms with Crippen molar-refractivity contribution in [2.75, 3.05) is 19.8 Å². The van der Waals surface area contributed by atoms with Gasteiger partial charge in [0, 0.05) is 18.6 Å². The number of nitrogens with one attached hydrogen (secondary N) is 1. The van der Waals surface area contributed by atoms with Crippen molar-refractivity contribution < 1.29 is 14.6 Å². The van der Waals surface area contributed by atoms with Crippen molar-refractivity contribution in [3.8, 4) is 0 Å². The molecule has 5 nitrogen and oxygen atoms in total. The molecule has 1 aliphatic heterocycles. The van der Waals surface area contributed by atoms with Gasteiger partial charge in [-0.2, -0.15) is 0 Å². The van der Waals surface area contributed by atoms with E-state index in [2.05, 4.69) is 24.1 Å². The maximum Gasteiger partial charge on any atom is 0.294 e. The Bertz CT molecular complexity index is 211. The third kappa shape index (κ3) is 4.08. The van der Waals surface area contributed by atoms with Gasteiger partial charge in [-0.05, 0) is 33.2 Å². The molecule has 0 radical (unpaired) electrons. The number of ether oxygens (including phenoxy) is 1. The topological polar surface area (TPSA) is 61.8 Å². The second kappa shape index (κ2) is 6.83. The maximum absolute atomic E-state index is 10.1. The summed E-state index contributed by atoms with van der Waals surface area (Å²) in [5, 5.41) is 12.9. The Morgan fingerprint density at radius 2 is 2.38 bits per heavy atom. The molecule has 2 unspecified atom stereocenters. The Labute approximate surface area is 96.8 Å². The van der Waals surface area contributed by atoms with E-state index in [0.29, 0.717) is 19.2 Å². The van der Waals surface area contributed by atoms with Gasteiger partial charge in [0.15, 0.2) is 0 Å². The molecule has 2 atom stereocenters. The average Bonchev–Trinajstić information content (AvgIpc) is 2.64. The minimum Gasteiger partial charge on any atom is -0.452 e. The third-order valence-electron chi connectivity index (χ3n) is 3.08. The SMILES string of the molecule is CC(C)N(CCC1NCCC1O)COC=O. The zero-order chi connectivity index (χ0) is 12.0. The fraction of sp³-hybridized carbons (Fsp3) is 0.909. The van der Waals surface area contributed by atoms with E-state index in [0.717, 1.165) is 25.9 Å². The fourth-order valence-electron chi connectivity index (χ4n) is 1.95. The van der Waals surface area contributed by atoms with Gasteiger partial charge >= 0.3 is 0 Å². The predicted molar refractivity (Wildman–Crippen MR) is 60.9 cm³/mol. The molecule has 0 aromatic heterocycles. The molecule has 0 spiro atoms. The quantitative estimate of drug-likeness (QED) is 0.474. The van der Waals surface area contributed by atoms with E-state index in [1.165, 1.54) is 0 Å². The zero-order valence-corrected chi connectivity index (χ0v) is 10.1. The van der Waals surface area contributed by atoms with E-state index in [-0.39, 0.29) is 12.1 Å². The molecule has 94 valence electrons. The standard InChI is InChI=1S/C11H22N2O3/c1-9(2)13(7-16-8-14)6-4-10-11(15)3-5-12-10/h8-12,15H,3-7H2,1-2H3. The molecular weight excluding hydrogens is 208 g/mol. The fourth-order valence-corrected chi connectivity index (χ4v) is 1.95. The summed E-state index contributed by atoms with van der Waals surface area (Å²) in [6.45, 7) is 6.62. The van der Waals surface area contributed by atoms with Crippen LogP contribution in [-0.2, 0) is 9.53 Å². The van der Waals surface area contributed by atoms with Crippen LogP contribution in [0.25, 0.3) is 0 Å². The molecule has 0 aromatic rings. The van der Waals surface area contributed by atoms with Crippen LogP contribution in [0, 0.1) is 0 Å². The van der Waals surface area contributed by atoms with E-state index in [4.69, 9.17) is 4.74 Å². The van der Waals surface area contributed by atoms with Crippen LogP contribution in [0.1, 0.15) is 26.7 Å². The van der Waals surface area contributed by atoms with Crippen LogP contribution in [-0.4, -0.2) is 54.5 Å². The van der Waals surface area contributed by atoms with Crippen molar-refractivity contribution in [1.82, 2.24) is 10.2 Å². The summed E-state index contributed by atoms with van der Waals surface area (Å²) in [6, 6.07) is 0.510. The van der Waals surface area contributed by atoms with Crippen LogP contribution in [0.3, 0.4) is 0 Å². The summed E-state index contributed by atoms with van der Waals surface area (Å²) in [6.07, 6.45) is 1.47. The largest absolute Gasteiger partial charge is 0.452 e. The lowest BCUT2D eigenvalue weighted by Gasteiger charge is -2.27. The third-order valence-corrected chi connectivity index (χ3v) is 3.08. The molecule has 16 heavy (non-hydrogen) atoms. The van der Waals surface area contributed by atoms with Gasteiger partial charge in [0.25, 0.3) is 6.47 Å². The Hall–Kier alpha value is -0.650. The first-order valence-electron chi connectivity index (χ1n) is 5.86. The maximum atomic E-state index is 10.1. The smallest absolute Gasteiger partial charge is 0.294 e.